The van der Waals surface area contributed by atoms with Gasteiger partial charge in [-0.25, -0.2) is 0 Å². The second-order valence-electron chi connectivity index (χ2n) is 24.7. The predicted octanol–water partition coefficient (Wildman–Crippen LogP) is 7.94. The standard InChI is InChI=1S/C64H123NO18/c1-3-5-7-9-11-12-13-14-15-16-17-18-19-20-21-22-23-24-25-26-27-28-29-30-31-32-33-34-36-38-40-42-52(70)65-47(48(69)41-39-37-35-10-8-6-4-2)46-78-62-58(76)55(73)60(50(44-67)80-62)83-64-59(77)56(74)61(51(45-68)81-64)82-63-57(75)54(72)53(71)49(43-66)79-63/h47-51,53-64,66-69,71-77H,3-46H2,1-2H3,(H,65,70). The van der Waals surface area contributed by atoms with Crippen molar-refractivity contribution in [3.05, 3.63) is 0 Å². The van der Waals surface area contributed by atoms with Gasteiger partial charge in [-0.3, -0.25) is 4.79 Å². The number of nitrogens with one attached hydrogen (secondary N) is 1. The average Bonchev–Trinajstić information content (AvgIpc) is 3.69. The lowest BCUT2D eigenvalue weighted by Gasteiger charge is -2.48. The van der Waals surface area contributed by atoms with Gasteiger partial charge < -0.3 is 89.9 Å². The molecule has 17 unspecified atom stereocenters. The zero-order valence-corrected chi connectivity index (χ0v) is 51.7. The van der Waals surface area contributed by atoms with E-state index in [2.05, 4.69) is 19.2 Å². The van der Waals surface area contributed by atoms with E-state index in [0.29, 0.717) is 12.8 Å². The number of aliphatic hydroxyl groups is 11. The molecule has 492 valence electrons. The van der Waals surface area contributed by atoms with Crippen LogP contribution in [0, 0.1) is 0 Å². The molecule has 3 aliphatic rings. The first-order chi connectivity index (χ1) is 40.3. The molecule has 3 rings (SSSR count). The highest BCUT2D eigenvalue weighted by Crippen LogP contribution is 2.33. The number of carbonyl (C=O) groups excluding carboxylic acids is 1. The molecule has 12 N–H and O–H groups in total. The summed E-state index contributed by atoms with van der Waals surface area (Å²) >= 11 is 0. The zero-order chi connectivity index (χ0) is 60.5. The molecular formula is C64H123NO18. The molecule has 0 aliphatic carbocycles. The maximum Gasteiger partial charge on any atom is 0.220 e. The van der Waals surface area contributed by atoms with E-state index in [9.17, 15) is 61.0 Å². The Hall–Kier alpha value is -1.21. The van der Waals surface area contributed by atoms with Crippen LogP contribution in [0.4, 0.5) is 0 Å². The Morgan fingerprint density at radius 2 is 0.687 bits per heavy atom. The van der Waals surface area contributed by atoms with Crippen molar-refractivity contribution in [3.63, 3.8) is 0 Å². The van der Waals surface area contributed by atoms with E-state index in [-0.39, 0.29) is 18.9 Å². The van der Waals surface area contributed by atoms with Gasteiger partial charge in [-0.1, -0.05) is 251 Å². The fraction of sp³-hybridized carbons (Fsp3) is 0.984. The lowest BCUT2D eigenvalue weighted by Crippen LogP contribution is -2.66. The quantitative estimate of drug-likeness (QED) is 0.0257. The molecule has 0 aromatic carbocycles. The van der Waals surface area contributed by atoms with Crippen LogP contribution in [0.15, 0.2) is 0 Å². The van der Waals surface area contributed by atoms with Gasteiger partial charge >= 0.3 is 0 Å². The molecular weight excluding hydrogens is 1070 g/mol. The molecule has 0 bridgehead atoms. The summed E-state index contributed by atoms with van der Waals surface area (Å²) in [6.45, 7) is 1.76. The van der Waals surface area contributed by atoms with Crippen molar-refractivity contribution in [1.82, 2.24) is 5.32 Å². The molecule has 83 heavy (non-hydrogen) atoms. The van der Waals surface area contributed by atoms with Crippen molar-refractivity contribution in [1.29, 1.82) is 0 Å². The van der Waals surface area contributed by atoms with E-state index < -0.39 is 124 Å². The molecule has 1 amide bonds. The summed E-state index contributed by atoms with van der Waals surface area (Å²) in [7, 11) is 0. The van der Waals surface area contributed by atoms with Crippen LogP contribution in [0.3, 0.4) is 0 Å². The Balaban J connectivity index is 1.30. The summed E-state index contributed by atoms with van der Waals surface area (Å²) in [6.07, 6.45) is 22.6. The summed E-state index contributed by atoms with van der Waals surface area (Å²) in [5, 5.41) is 120. The Labute approximate surface area is 500 Å². The summed E-state index contributed by atoms with van der Waals surface area (Å²) < 4.78 is 34.2. The molecule has 3 aliphatic heterocycles. The first-order valence-electron chi connectivity index (χ1n) is 33.8. The summed E-state index contributed by atoms with van der Waals surface area (Å²) in [5.74, 6) is -0.241. The molecule has 3 fully saturated rings. The van der Waals surface area contributed by atoms with Crippen LogP contribution in [-0.2, 0) is 33.2 Å². The molecule has 3 heterocycles. The van der Waals surface area contributed by atoms with Crippen molar-refractivity contribution in [3.8, 4) is 0 Å². The maximum absolute atomic E-state index is 13.3. The Morgan fingerprint density at radius 1 is 0.386 bits per heavy atom. The van der Waals surface area contributed by atoms with Crippen molar-refractivity contribution in [2.24, 2.45) is 0 Å². The minimum absolute atomic E-state index is 0.241. The zero-order valence-electron chi connectivity index (χ0n) is 51.7. The lowest BCUT2D eigenvalue weighted by molar-refractivity contribution is -0.379. The summed E-state index contributed by atoms with van der Waals surface area (Å²) in [5.41, 5.74) is 0. The predicted molar refractivity (Wildman–Crippen MR) is 319 cm³/mol. The van der Waals surface area contributed by atoms with Crippen molar-refractivity contribution in [2.75, 3.05) is 26.4 Å². The molecule has 17 atom stereocenters. The highest BCUT2D eigenvalue weighted by Gasteiger charge is 2.53. The summed E-state index contributed by atoms with van der Waals surface area (Å²) in [4.78, 5) is 13.3. The smallest absolute Gasteiger partial charge is 0.220 e. The van der Waals surface area contributed by atoms with E-state index >= 15 is 0 Å². The average molecular weight is 1190 g/mol. The van der Waals surface area contributed by atoms with Crippen molar-refractivity contribution < 1.29 is 89.4 Å². The van der Waals surface area contributed by atoms with Gasteiger partial charge in [0.05, 0.1) is 38.6 Å². The second kappa shape index (κ2) is 47.7. The summed E-state index contributed by atoms with van der Waals surface area (Å²) in [6, 6.07) is -0.878. The molecule has 0 aromatic rings. The van der Waals surface area contributed by atoms with Crippen LogP contribution in [0.2, 0.25) is 0 Å². The molecule has 0 radical (unpaired) electrons. The third-order valence-electron chi connectivity index (χ3n) is 17.4. The monoisotopic (exact) mass is 1190 g/mol. The highest BCUT2D eigenvalue weighted by atomic mass is 16.8. The van der Waals surface area contributed by atoms with Crippen LogP contribution < -0.4 is 5.32 Å². The third-order valence-corrected chi connectivity index (χ3v) is 17.4. The minimum Gasteiger partial charge on any atom is -0.394 e. The fourth-order valence-corrected chi connectivity index (χ4v) is 11.9. The van der Waals surface area contributed by atoms with E-state index in [1.165, 1.54) is 180 Å². The van der Waals surface area contributed by atoms with E-state index in [1.54, 1.807) is 0 Å². The van der Waals surface area contributed by atoms with Crippen LogP contribution in [0.1, 0.15) is 271 Å². The fourth-order valence-electron chi connectivity index (χ4n) is 11.9. The number of ether oxygens (including phenoxy) is 6. The molecule has 19 nitrogen and oxygen atoms in total. The van der Waals surface area contributed by atoms with E-state index in [4.69, 9.17) is 28.4 Å². The normalized spacial score (nSPS) is 29.3. The number of hydrogen-bond acceptors (Lipinski definition) is 18. The topological polar surface area (TPSA) is 307 Å². The largest absolute Gasteiger partial charge is 0.394 e. The Bertz CT molecular complexity index is 1520. The van der Waals surface area contributed by atoms with Crippen molar-refractivity contribution >= 4 is 5.91 Å². The number of unbranched alkanes of at least 4 members (excludes halogenated alkanes) is 36. The number of aliphatic hydroxyl groups excluding tert-OH is 11. The van der Waals surface area contributed by atoms with Gasteiger partial charge in [0.15, 0.2) is 18.9 Å². The van der Waals surface area contributed by atoms with Gasteiger partial charge in [-0.2, -0.15) is 0 Å². The van der Waals surface area contributed by atoms with Crippen LogP contribution >= 0.6 is 0 Å². The number of carbonyl (C=O) groups is 1. The Kier molecular flexibility index (Phi) is 43.7. The molecule has 3 saturated heterocycles. The van der Waals surface area contributed by atoms with Gasteiger partial charge in [0.2, 0.25) is 5.91 Å². The van der Waals surface area contributed by atoms with Gasteiger partial charge in [0.1, 0.15) is 73.2 Å². The van der Waals surface area contributed by atoms with E-state index in [0.717, 1.165) is 57.8 Å². The Morgan fingerprint density at radius 3 is 1.05 bits per heavy atom. The SMILES string of the molecule is CCCCCCCCCCCCCCCCCCCCCCCCCCCCCCCCCC(=O)NC(COC1OC(CO)C(OC2OC(CO)C(OC3OC(CO)C(O)C(O)C3O)C(O)C2O)C(O)C1O)C(O)CCCCCCCCC. The van der Waals surface area contributed by atoms with E-state index in [1.807, 2.05) is 0 Å². The number of hydrogen-bond donors (Lipinski definition) is 12. The second-order valence-corrected chi connectivity index (χ2v) is 24.7. The first kappa shape index (κ1) is 76.0. The molecule has 0 spiro atoms. The third kappa shape index (κ3) is 30.7. The van der Waals surface area contributed by atoms with Gasteiger partial charge in [0.25, 0.3) is 0 Å². The van der Waals surface area contributed by atoms with Crippen LogP contribution in [0.5, 0.6) is 0 Å². The first-order valence-corrected chi connectivity index (χ1v) is 33.8. The molecule has 0 aromatic heterocycles. The number of amides is 1. The van der Waals surface area contributed by atoms with Crippen LogP contribution in [-0.4, -0.2) is 193 Å². The maximum atomic E-state index is 13.3. The van der Waals surface area contributed by atoms with Crippen molar-refractivity contribution in [2.45, 2.75) is 375 Å². The minimum atomic E-state index is -1.97. The highest BCUT2D eigenvalue weighted by molar-refractivity contribution is 5.76. The molecule has 19 heteroatoms. The van der Waals surface area contributed by atoms with Crippen LogP contribution in [0.25, 0.3) is 0 Å². The molecule has 0 saturated carbocycles. The number of rotatable bonds is 52. The lowest BCUT2D eigenvalue weighted by atomic mass is 9.96. The van der Waals surface area contributed by atoms with Gasteiger partial charge in [0, 0.05) is 6.42 Å². The van der Waals surface area contributed by atoms with Gasteiger partial charge in [-0.15, -0.1) is 0 Å². The van der Waals surface area contributed by atoms with Gasteiger partial charge in [-0.05, 0) is 12.8 Å².